The van der Waals surface area contributed by atoms with Gasteiger partial charge in [0.1, 0.15) is 24.4 Å². The molecule has 0 bridgehead atoms. The van der Waals surface area contributed by atoms with Crippen LogP contribution < -0.4 is 5.32 Å². The first-order valence-electron chi connectivity index (χ1n) is 38.2. The molecule has 1 aliphatic heterocycles. The molecular formula is C77H147NO8. The molecule has 7 unspecified atom stereocenters. The quantitative estimate of drug-likeness (QED) is 0.0261. The fourth-order valence-corrected chi connectivity index (χ4v) is 12.5. The Balaban J connectivity index is 2.04. The molecule has 0 radical (unpaired) electrons. The summed E-state index contributed by atoms with van der Waals surface area (Å²) in [5, 5.41) is 54.8. The predicted molar refractivity (Wildman–Crippen MR) is 369 cm³/mol. The van der Waals surface area contributed by atoms with Crippen LogP contribution in [0.4, 0.5) is 0 Å². The van der Waals surface area contributed by atoms with Gasteiger partial charge in [-0.15, -0.1) is 0 Å². The van der Waals surface area contributed by atoms with Crippen molar-refractivity contribution in [2.45, 2.75) is 436 Å². The lowest BCUT2D eigenvalue weighted by Crippen LogP contribution is -2.60. The summed E-state index contributed by atoms with van der Waals surface area (Å²) in [7, 11) is 0. The molecule has 7 atom stereocenters. The van der Waals surface area contributed by atoms with E-state index in [1.165, 1.54) is 334 Å². The molecule has 0 spiro atoms. The van der Waals surface area contributed by atoms with Gasteiger partial charge in [-0.2, -0.15) is 0 Å². The SMILES string of the molecule is CCCCCCCCCC/C=C\CCCCCCCCCCCCCCCCCCCCCCCCCCCCCCCC(=O)NC(COC1OC(CO)C(O)C(O)C1O)C(O)/C=C/CC/C=C/CCCCCCCCCCCCCCCCCC. The molecule has 86 heavy (non-hydrogen) atoms. The van der Waals surface area contributed by atoms with E-state index in [1.807, 2.05) is 6.08 Å². The zero-order chi connectivity index (χ0) is 62.1. The van der Waals surface area contributed by atoms with Gasteiger partial charge in [-0.3, -0.25) is 4.79 Å². The Bertz CT molecular complexity index is 1450. The topological polar surface area (TPSA) is 149 Å². The maximum Gasteiger partial charge on any atom is 0.220 e. The van der Waals surface area contributed by atoms with Crippen molar-refractivity contribution in [3.63, 3.8) is 0 Å². The van der Waals surface area contributed by atoms with Crippen LogP contribution in [0.25, 0.3) is 0 Å². The third-order valence-corrected chi connectivity index (χ3v) is 18.4. The molecule has 9 heteroatoms. The number of unbranched alkanes of at least 4 members (excludes halogenated alkanes) is 54. The third-order valence-electron chi connectivity index (χ3n) is 18.4. The number of carbonyl (C=O) groups excluding carboxylic acids is 1. The molecule has 6 N–H and O–H groups in total. The highest BCUT2D eigenvalue weighted by molar-refractivity contribution is 5.76. The highest BCUT2D eigenvalue weighted by Crippen LogP contribution is 2.24. The lowest BCUT2D eigenvalue weighted by atomic mass is 9.99. The van der Waals surface area contributed by atoms with Gasteiger partial charge < -0.3 is 40.3 Å². The number of allylic oxidation sites excluding steroid dienone is 5. The molecule has 0 aromatic rings. The van der Waals surface area contributed by atoms with Crippen molar-refractivity contribution >= 4 is 5.91 Å². The zero-order valence-corrected chi connectivity index (χ0v) is 57.1. The summed E-state index contributed by atoms with van der Waals surface area (Å²) < 4.78 is 11.3. The van der Waals surface area contributed by atoms with Crippen LogP contribution in [0.5, 0.6) is 0 Å². The van der Waals surface area contributed by atoms with Crippen molar-refractivity contribution < 1.29 is 39.8 Å². The number of hydrogen-bond acceptors (Lipinski definition) is 8. The van der Waals surface area contributed by atoms with E-state index in [0.29, 0.717) is 6.42 Å². The van der Waals surface area contributed by atoms with E-state index < -0.39 is 49.5 Å². The number of nitrogens with one attached hydrogen (secondary N) is 1. The van der Waals surface area contributed by atoms with Crippen molar-refractivity contribution in [1.29, 1.82) is 0 Å². The van der Waals surface area contributed by atoms with Gasteiger partial charge in [0, 0.05) is 6.42 Å². The number of hydrogen-bond donors (Lipinski definition) is 6. The molecule has 0 saturated carbocycles. The molecule has 0 aromatic heterocycles. The Morgan fingerprint density at radius 2 is 0.663 bits per heavy atom. The van der Waals surface area contributed by atoms with Gasteiger partial charge in [0.15, 0.2) is 6.29 Å². The van der Waals surface area contributed by atoms with Crippen LogP contribution in [0.1, 0.15) is 393 Å². The van der Waals surface area contributed by atoms with E-state index in [0.717, 1.165) is 38.5 Å². The Labute approximate surface area is 533 Å². The molecule has 1 amide bonds. The smallest absolute Gasteiger partial charge is 0.220 e. The first-order valence-corrected chi connectivity index (χ1v) is 38.2. The highest BCUT2D eigenvalue weighted by Gasteiger charge is 2.44. The molecule has 1 heterocycles. The van der Waals surface area contributed by atoms with Crippen molar-refractivity contribution in [2.75, 3.05) is 13.2 Å². The van der Waals surface area contributed by atoms with E-state index in [9.17, 15) is 30.3 Å². The van der Waals surface area contributed by atoms with E-state index in [-0.39, 0.29) is 12.5 Å². The van der Waals surface area contributed by atoms with Crippen LogP contribution >= 0.6 is 0 Å². The Kier molecular flexibility index (Phi) is 63.6. The van der Waals surface area contributed by atoms with Crippen molar-refractivity contribution in [2.24, 2.45) is 0 Å². The molecule has 9 nitrogen and oxygen atoms in total. The Morgan fingerprint density at radius 3 is 0.977 bits per heavy atom. The van der Waals surface area contributed by atoms with Crippen LogP contribution in [0.3, 0.4) is 0 Å². The summed E-state index contributed by atoms with van der Waals surface area (Å²) in [6, 6.07) is -0.821. The second-order valence-corrected chi connectivity index (χ2v) is 26.8. The normalized spacial score (nSPS) is 18.2. The van der Waals surface area contributed by atoms with Crippen molar-refractivity contribution in [1.82, 2.24) is 5.32 Å². The minimum absolute atomic E-state index is 0.178. The maximum absolute atomic E-state index is 13.1. The van der Waals surface area contributed by atoms with Crippen LogP contribution in [-0.4, -0.2) is 87.5 Å². The summed E-state index contributed by atoms with van der Waals surface area (Å²) in [6.07, 6.45) is 83.0. The van der Waals surface area contributed by atoms with Crippen LogP contribution in [0, 0.1) is 0 Å². The highest BCUT2D eigenvalue weighted by atomic mass is 16.7. The second-order valence-electron chi connectivity index (χ2n) is 26.8. The average Bonchev–Trinajstić information content (AvgIpc) is 2.36. The summed E-state index contributed by atoms with van der Waals surface area (Å²) in [6.45, 7) is 3.82. The van der Waals surface area contributed by atoms with E-state index in [2.05, 4.69) is 43.5 Å². The van der Waals surface area contributed by atoms with Gasteiger partial charge >= 0.3 is 0 Å². The molecule has 1 rings (SSSR count). The standard InChI is InChI=1S/C77H147NO8/c1-3-5-7-9-11-13-15-17-19-21-23-25-27-28-29-30-31-32-33-34-35-36-37-38-39-40-41-42-43-44-45-47-49-51-53-55-57-59-61-63-65-67-73(81)78-70(69-85-77-76(84)75(83)74(82)72(68-79)86-77)71(80)66-64-62-60-58-56-54-52-50-48-46-26-24-22-20-18-16-14-12-10-8-6-4-2/h21,23,56,58,64,66,70-72,74-77,79-80,82-84H,3-20,22,24-55,57,59-63,65,67-69H2,1-2H3,(H,78,81)/b23-21-,58-56+,66-64+. The zero-order valence-electron chi connectivity index (χ0n) is 57.1. The van der Waals surface area contributed by atoms with E-state index >= 15 is 0 Å². The second kappa shape index (κ2) is 66.3. The van der Waals surface area contributed by atoms with E-state index in [1.54, 1.807) is 6.08 Å². The lowest BCUT2D eigenvalue weighted by molar-refractivity contribution is -0.302. The van der Waals surface area contributed by atoms with Gasteiger partial charge in [0.05, 0.1) is 25.4 Å². The van der Waals surface area contributed by atoms with Crippen LogP contribution in [0.15, 0.2) is 36.5 Å². The number of rotatable bonds is 68. The first kappa shape index (κ1) is 82.4. The van der Waals surface area contributed by atoms with Gasteiger partial charge in [0.2, 0.25) is 5.91 Å². The molecule has 1 aliphatic rings. The number of aliphatic hydroxyl groups excluding tert-OH is 5. The molecule has 0 aromatic carbocycles. The minimum Gasteiger partial charge on any atom is -0.394 e. The maximum atomic E-state index is 13.1. The minimum atomic E-state index is -1.57. The summed E-state index contributed by atoms with van der Waals surface area (Å²) in [4.78, 5) is 13.1. The number of amides is 1. The van der Waals surface area contributed by atoms with Gasteiger partial charge in [-0.1, -0.05) is 365 Å². The Hall–Kier alpha value is -1.59. The van der Waals surface area contributed by atoms with Crippen molar-refractivity contribution in [3.05, 3.63) is 36.5 Å². The largest absolute Gasteiger partial charge is 0.394 e. The van der Waals surface area contributed by atoms with Crippen LogP contribution in [0.2, 0.25) is 0 Å². The van der Waals surface area contributed by atoms with Gasteiger partial charge in [-0.05, 0) is 57.8 Å². The monoisotopic (exact) mass is 1210 g/mol. The van der Waals surface area contributed by atoms with Gasteiger partial charge in [-0.25, -0.2) is 0 Å². The van der Waals surface area contributed by atoms with E-state index in [4.69, 9.17) is 9.47 Å². The molecule has 1 fully saturated rings. The summed E-state index contributed by atoms with van der Waals surface area (Å²) in [5.74, 6) is -0.178. The lowest BCUT2D eigenvalue weighted by Gasteiger charge is -2.40. The number of carbonyl (C=O) groups is 1. The van der Waals surface area contributed by atoms with Crippen LogP contribution in [-0.2, 0) is 14.3 Å². The Morgan fingerprint density at radius 1 is 0.384 bits per heavy atom. The molecule has 508 valence electrons. The predicted octanol–water partition coefficient (Wildman–Crippen LogP) is 21.4. The molecular weight excluding hydrogens is 1070 g/mol. The molecule has 0 aliphatic carbocycles. The van der Waals surface area contributed by atoms with Gasteiger partial charge in [0.25, 0.3) is 0 Å². The molecule has 1 saturated heterocycles. The van der Waals surface area contributed by atoms with Crippen molar-refractivity contribution in [3.8, 4) is 0 Å². The first-order chi connectivity index (χ1) is 42.3. The number of ether oxygens (including phenoxy) is 2. The third kappa shape index (κ3) is 54.2. The fourth-order valence-electron chi connectivity index (χ4n) is 12.5. The average molecular weight is 1220 g/mol. The fraction of sp³-hybridized carbons (Fsp3) is 0.909. The summed E-state index contributed by atoms with van der Waals surface area (Å²) in [5.41, 5.74) is 0. The summed E-state index contributed by atoms with van der Waals surface area (Å²) >= 11 is 0. The number of aliphatic hydroxyl groups is 5.